The van der Waals surface area contributed by atoms with Crippen LogP contribution in [0, 0.1) is 0 Å². The van der Waals surface area contributed by atoms with E-state index in [1.165, 1.54) is 6.07 Å². The molecule has 0 unspecified atom stereocenters. The lowest BCUT2D eigenvalue weighted by molar-refractivity contribution is 0.0706. The Morgan fingerprint density at radius 1 is 1.36 bits per heavy atom. The van der Waals surface area contributed by atoms with Crippen LogP contribution in [-0.4, -0.2) is 16.2 Å². The predicted molar refractivity (Wildman–Crippen MR) is 54.2 cm³/mol. The van der Waals surface area contributed by atoms with E-state index in [0.29, 0.717) is 16.5 Å². The van der Waals surface area contributed by atoms with Crippen molar-refractivity contribution in [2.75, 3.05) is 0 Å². The number of nitrogens with one attached hydrogen (secondary N) is 1. The SMILES string of the molecule is O=C(NO)c1cc(CO)cc(CBr)c1. The minimum absolute atomic E-state index is 0.132. The monoisotopic (exact) mass is 259 g/mol. The number of aliphatic hydroxyl groups is 1. The fourth-order valence-corrected chi connectivity index (χ4v) is 1.45. The summed E-state index contributed by atoms with van der Waals surface area (Å²) >= 11 is 3.25. The first-order valence-electron chi connectivity index (χ1n) is 3.95. The number of hydroxylamine groups is 1. The molecule has 4 nitrogen and oxygen atoms in total. The van der Waals surface area contributed by atoms with E-state index < -0.39 is 5.91 Å². The fraction of sp³-hybridized carbons (Fsp3) is 0.222. The van der Waals surface area contributed by atoms with Crippen LogP contribution in [0.3, 0.4) is 0 Å². The lowest BCUT2D eigenvalue weighted by Gasteiger charge is -2.04. The Labute approximate surface area is 89.6 Å². The predicted octanol–water partition coefficient (Wildman–Crippen LogP) is 1.19. The molecule has 0 bridgehead atoms. The molecule has 0 aliphatic rings. The normalized spacial score (nSPS) is 9.93. The second-order valence-electron chi connectivity index (χ2n) is 2.77. The molecule has 0 heterocycles. The third kappa shape index (κ3) is 2.54. The van der Waals surface area contributed by atoms with Gasteiger partial charge in [0.1, 0.15) is 0 Å². The second-order valence-corrected chi connectivity index (χ2v) is 3.33. The Kier molecular flexibility index (Phi) is 4.06. The number of carbonyl (C=O) groups is 1. The van der Waals surface area contributed by atoms with Gasteiger partial charge in [-0.1, -0.05) is 22.0 Å². The van der Waals surface area contributed by atoms with Gasteiger partial charge in [-0.05, 0) is 23.3 Å². The first kappa shape index (κ1) is 11.2. The van der Waals surface area contributed by atoms with Gasteiger partial charge < -0.3 is 5.11 Å². The molecule has 0 fully saturated rings. The fourth-order valence-electron chi connectivity index (χ4n) is 1.13. The highest BCUT2D eigenvalue weighted by atomic mass is 79.9. The van der Waals surface area contributed by atoms with Gasteiger partial charge in [0.25, 0.3) is 5.91 Å². The number of alkyl halides is 1. The highest BCUT2D eigenvalue weighted by Crippen LogP contribution is 2.13. The van der Waals surface area contributed by atoms with Crippen LogP contribution in [0.1, 0.15) is 21.5 Å². The quantitative estimate of drug-likeness (QED) is 0.434. The average Bonchev–Trinajstić information content (AvgIpc) is 2.27. The number of aliphatic hydroxyl groups excluding tert-OH is 1. The molecule has 0 spiro atoms. The van der Waals surface area contributed by atoms with Crippen LogP contribution in [-0.2, 0) is 11.9 Å². The van der Waals surface area contributed by atoms with Gasteiger partial charge in [-0.2, -0.15) is 0 Å². The number of carbonyl (C=O) groups excluding carboxylic acids is 1. The molecular weight excluding hydrogens is 250 g/mol. The largest absolute Gasteiger partial charge is 0.392 e. The Morgan fingerprint density at radius 3 is 2.50 bits per heavy atom. The van der Waals surface area contributed by atoms with Gasteiger partial charge >= 0.3 is 0 Å². The zero-order chi connectivity index (χ0) is 10.6. The van der Waals surface area contributed by atoms with E-state index >= 15 is 0 Å². The summed E-state index contributed by atoms with van der Waals surface area (Å²) in [6.07, 6.45) is 0. The third-order valence-corrected chi connectivity index (χ3v) is 2.40. The molecule has 76 valence electrons. The second kappa shape index (κ2) is 5.09. The van der Waals surface area contributed by atoms with E-state index in [1.54, 1.807) is 17.6 Å². The highest BCUT2D eigenvalue weighted by molar-refractivity contribution is 9.08. The molecule has 1 rings (SSSR count). The molecule has 3 N–H and O–H groups in total. The maximum atomic E-state index is 11.1. The van der Waals surface area contributed by atoms with E-state index in [0.717, 1.165) is 5.56 Å². The Bertz CT molecular complexity index is 319. The molecule has 0 radical (unpaired) electrons. The van der Waals surface area contributed by atoms with Gasteiger partial charge in [-0.15, -0.1) is 0 Å². The summed E-state index contributed by atoms with van der Waals surface area (Å²) in [6.45, 7) is -0.132. The number of hydrogen-bond acceptors (Lipinski definition) is 3. The van der Waals surface area contributed by atoms with Crippen LogP contribution in [0.5, 0.6) is 0 Å². The number of benzene rings is 1. The van der Waals surface area contributed by atoms with E-state index in [-0.39, 0.29) is 6.61 Å². The van der Waals surface area contributed by atoms with Gasteiger partial charge in [-0.25, -0.2) is 5.48 Å². The van der Waals surface area contributed by atoms with Crippen molar-refractivity contribution in [3.8, 4) is 0 Å². The van der Waals surface area contributed by atoms with E-state index in [1.807, 2.05) is 0 Å². The van der Waals surface area contributed by atoms with Crippen LogP contribution in [0.4, 0.5) is 0 Å². The van der Waals surface area contributed by atoms with Gasteiger partial charge in [-0.3, -0.25) is 10.0 Å². The van der Waals surface area contributed by atoms with E-state index in [4.69, 9.17) is 10.3 Å². The van der Waals surface area contributed by atoms with Crippen LogP contribution >= 0.6 is 15.9 Å². The smallest absolute Gasteiger partial charge is 0.274 e. The molecule has 0 aromatic heterocycles. The number of amides is 1. The molecule has 14 heavy (non-hydrogen) atoms. The molecule has 0 saturated carbocycles. The summed E-state index contributed by atoms with van der Waals surface area (Å²) in [5.41, 5.74) is 3.39. The first-order chi connectivity index (χ1) is 6.71. The summed E-state index contributed by atoms with van der Waals surface area (Å²) in [7, 11) is 0. The van der Waals surface area contributed by atoms with Gasteiger partial charge in [0.05, 0.1) is 6.61 Å². The van der Waals surface area contributed by atoms with E-state index in [2.05, 4.69) is 15.9 Å². The maximum Gasteiger partial charge on any atom is 0.274 e. The van der Waals surface area contributed by atoms with Gasteiger partial charge in [0.15, 0.2) is 0 Å². The van der Waals surface area contributed by atoms with Crippen molar-refractivity contribution in [1.29, 1.82) is 0 Å². The van der Waals surface area contributed by atoms with Crippen molar-refractivity contribution in [2.45, 2.75) is 11.9 Å². The first-order valence-corrected chi connectivity index (χ1v) is 5.07. The zero-order valence-corrected chi connectivity index (χ0v) is 8.91. The van der Waals surface area contributed by atoms with Crippen LogP contribution in [0.15, 0.2) is 18.2 Å². The van der Waals surface area contributed by atoms with Gasteiger partial charge in [0.2, 0.25) is 0 Å². The molecule has 1 amide bonds. The minimum Gasteiger partial charge on any atom is -0.392 e. The topological polar surface area (TPSA) is 69.6 Å². The average molecular weight is 260 g/mol. The van der Waals surface area contributed by atoms with Crippen molar-refractivity contribution >= 4 is 21.8 Å². The minimum atomic E-state index is -0.581. The molecule has 0 aliphatic carbocycles. The summed E-state index contributed by atoms with van der Waals surface area (Å²) in [4.78, 5) is 11.1. The number of halogens is 1. The molecule has 1 aromatic carbocycles. The van der Waals surface area contributed by atoms with Crippen LogP contribution < -0.4 is 5.48 Å². The van der Waals surface area contributed by atoms with Crippen molar-refractivity contribution in [3.63, 3.8) is 0 Å². The standard InChI is InChI=1S/C9H10BrNO3/c10-4-6-1-7(5-12)3-8(2-6)9(13)11-14/h1-3,12,14H,4-5H2,(H,11,13). The van der Waals surface area contributed by atoms with Crippen molar-refractivity contribution < 1.29 is 15.1 Å². The lowest BCUT2D eigenvalue weighted by atomic mass is 10.1. The zero-order valence-electron chi connectivity index (χ0n) is 7.33. The van der Waals surface area contributed by atoms with Crippen LogP contribution in [0.2, 0.25) is 0 Å². The van der Waals surface area contributed by atoms with Gasteiger partial charge in [0, 0.05) is 10.9 Å². The summed E-state index contributed by atoms with van der Waals surface area (Å²) < 4.78 is 0. The highest BCUT2D eigenvalue weighted by Gasteiger charge is 2.06. The molecule has 5 heteroatoms. The molecule has 0 atom stereocenters. The van der Waals surface area contributed by atoms with Crippen molar-refractivity contribution in [3.05, 3.63) is 34.9 Å². The van der Waals surface area contributed by atoms with Crippen molar-refractivity contribution in [2.24, 2.45) is 0 Å². The summed E-state index contributed by atoms with van der Waals surface area (Å²) in [5, 5.41) is 18.0. The Hall–Kier alpha value is -0.910. The molecule has 1 aromatic rings. The number of hydrogen-bond donors (Lipinski definition) is 3. The Balaban J connectivity index is 3.10. The molecule has 0 saturated heterocycles. The number of rotatable bonds is 3. The van der Waals surface area contributed by atoms with E-state index in [9.17, 15) is 4.79 Å². The van der Waals surface area contributed by atoms with Crippen molar-refractivity contribution in [1.82, 2.24) is 5.48 Å². The maximum absolute atomic E-state index is 11.1. The third-order valence-electron chi connectivity index (χ3n) is 1.75. The Morgan fingerprint density at radius 2 is 2.00 bits per heavy atom. The van der Waals surface area contributed by atoms with Crippen LogP contribution in [0.25, 0.3) is 0 Å². The molecular formula is C9H10BrNO3. The lowest BCUT2D eigenvalue weighted by Crippen LogP contribution is -2.19. The summed E-state index contributed by atoms with van der Waals surface area (Å²) in [6, 6.07) is 4.94. The summed E-state index contributed by atoms with van der Waals surface area (Å²) in [5.74, 6) is -0.581. The molecule has 0 aliphatic heterocycles.